The van der Waals surface area contributed by atoms with Gasteiger partial charge in [0.15, 0.2) is 0 Å². The zero-order chi connectivity index (χ0) is 17.7. The van der Waals surface area contributed by atoms with Crippen LogP contribution in [0.4, 0.5) is 10.1 Å². The van der Waals surface area contributed by atoms with Gasteiger partial charge < -0.3 is 5.32 Å². The number of rotatable bonds is 3. The molecule has 2 rings (SSSR count). The van der Waals surface area contributed by atoms with Crippen molar-refractivity contribution in [2.45, 2.75) is 20.8 Å². The Morgan fingerprint density at radius 3 is 2.29 bits per heavy atom. The van der Waals surface area contributed by atoms with Gasteiger partial charge in [0, 0.05) is 11.3 Å². The fraction of sp³-hybridized carbons (Fsp3) is 0.167. The molecule has 0 aliphatic rings. The normalized spacial score (nSPS) is 10.7. The molecular formula is C18H18FN3O2. The van der Waals surface area contributed by atoms with Crippen LogP contribution in [0.3, 0.4) is 0 Å². The smallest absolute Gasteiger partial charge is 0.317 e. The van der Waals surface area contributed by atoms with E-state index in [1.807, 2.05) is 32.9 Å². The molecular weight excluding hydrogens is 309 g/mol. The molecule has 6 heteroatoms. The Morgan fingerprint density at radius 2 is 1.67 bits per heavy atom. The number of nitrogens with one attached hydrogen (secondary N) is 2. The molecule has 5 nitrogen and oxygen atoms in total. The van der Waals surface area contributed by atoms with Gasteiger partial charge in [-0.1, -0.05) is 35.9 Å². The number of anilines is 1. The number of benzene rings is 2. The van der Waals surface area contributed by atoms with Crippen LogP contribution < -0.4 is 10.7 Å². The number of hydrazone groups is 1. The molecule has 0 saturated carbocycles. The monoisotopic (exact) mass is 327 g/mol. The van der Waals surface area contributed by atoms with Crippen LogP contribution in [0, 0.1) is 26.6 Å². The molecule has 0 saturated heterocycles. The van der Waals surface area contributed by atoms with Crippen molar-refractivity contribution < 1.29 is 14.0 Å². The lowest BCUT2D eigenvalue weighted by Crippen LogP contribution is -2.32. The second-order valence-corrected chi connectivity index (χ2v) is 5.45. The second kappa shape index (κ2) is 7.50. The van der Waals surface area contributed by atoms with Crippen molar-refractivity contribution in [3.63, 3.8) is 0 Å². The molecule has 124 valence electrons. The Balaban J connectivity index is 2.01. The molecule has 2 aromatic carbocycles. The summed E-state index contributed by atoms with van der Waals surface area (Å²) in [5.41, 5.74) is 5.69. The molecule has 0 heterocycles. The number of halogens is 1. The van der Waals surface area contributed by atoms with Crippen molar-refractivity contribution in [1.82, 2.24) is 5.43 Å². The first-order chi connectivity index (χ1) is 11.4. The number of hydrogen-bond donors (Lipinski definition) is 2. The van der Waals surface area contributed by atoms with E-state index in [1.165, 1.54) is 12.1 Å². The molecule has 0 bridgehead atoms. The standard InChI is InChI=1S/C18H18FN3O2/c1-11-8-12(2)16(13(3)9-11)21-17(23)18(24)22-20-10-14-6-4-5-7-15(14)19/h4-10H,1-3H3,(H,21,23)(H,22,24). The second-order valence-electron chi connectivity index (χ2n) is 5.45. The summed E-state index contributed by atoms with van der Waals surface area (Å²) in [5.74, 6) is -2.23. The largest absolute Gasteiger partial charge is 0.329 e. The van der Waals surface area contributed by atoms with Crippen molar-refractivity contribution in [2.24, 2.45) is 5.10 Å². The van der Waals surface area contributed by atoms with Crippen LogP contribution in [0.15, 0.2) is 41.5 Å². The highest BCUT2D eigenvalue weighted by molar-refractivity contribution is 6.39. The first-order valence-electron chi connectivity index (χ1n) is 7.35. The molecule has 2 amide bonds. The first-order valence-corrected chi connectivity index (χ1v) is 7.35. The minimum atomic E-state index is -0.929. The summed E-state index contributed by atoms with van der Waals surface area (Å²) in [6, 6.07) is 9.80. The molecule has 0 spiro atoms. The van der Waals surface area contributed by atoms with E-state index in [4.69, 9.17) is 0 Å². The molecule has 2 N–H and O–H groups in total. The van der Waals surface area contributed by atoms with Crippen molar-refractivity contribution in [2.75, 3.05) is 5.32 Å². The summed E-state index contributed by atoms with van der Waals surface area (Å²) >= 11 is 0. The molecule has 0 atom stereocenters. The topological polar surface area (TPSA) is 70.6 Å². The third-order valence-electron chi connectivity index (χ3n) is 3.40. The number of amides is 2. The van der Waals surface area contributed by atoms with E-state index in [-0.39, 0.29) is 5.56 Å². The van der Waals surface area contributed by atoms with Gasteiger partial charge >= 0.3 is 11.8 Å². The van der Waals surface area contributed by atoms with E-state index in [0.29, 0.717) is 5.69 Å². The maximum atomic E-state index is 13.4. The number of nitrogens with zero attached hydrogens (tertiary/aromatic N) is 1. The van der Waals surface area contributed by atoms with Crippen LogP contribution in [0.25, 0.3) is 0 Å². The fourth-order valence-corrected chi connectivity index (χ4v) is 2.34. The molecule has 2 aromatic rings. The van der Waals surface area contributed by atoms with Crippen LogP contribution in [0.2, 0.25) is 0 Å². The highest BCUT2D eigenvalue weighted by Crippen LogP contribution is 2.21. The summed E-state index contributed by atoms with van der Waals surface area (Å²) in [7, 11) is 0. The third kappa shape index (κ3) is 4.25. The van der Waals surface area contributed by atoms with Crippen LogP contribution >= 0.6 is 0 Å². The molecule has 0 unspecified atom stereocenters. The molecule has 0 aliphatic carbocycles. The summed E-state index contributed by atoms with van der Waals surface area (Å²) in [6.07, 6.45) is 1.14. The summed E-state index contributed by atoms with van der Waals surface area (Å²) in [6.45, 7) is 5.66. The predicted molar refractivity (Wildman–Crippen MR) is 91.4 cm³/mol. The van der Waals surface area contributed by atoms with Gasteiger partial charge in [-0.25, -0.2) is 9.82 Å². The number of carbonyl (C=O) groups excluding carboxylic acids is 2. The minimum Gasteiger partial charge on any atom is -0.317 e. The summed E-state index contributed by atoms with van der Waals surface area (Å²) < 4.78 is 13.4. The van der Waals surface area contributed by atoms with Gasteiger partial charge in [-0.3, -0.25) is 9.59 Å². The molecule has 0 radical (unpaired) electrons. The van der Waals surface area contributed by atoms with E-state index in [2.05, 4.69) is 15.8 Å². The average Bonchev–Trinajstić information content (AvgIpc) is 2.52. The van der Waals surface area contributed by atoms with E-state index in [9.17, 15) is 14.0 Å². The van der Waals surface area contributed by atoms with Gasteiger partial charge in [-0.2, -0.15) is 5.10 Å². The fourth-order valence-electron chi connectivity index (χ4n) is 2.34. The quantitative estimate of drug-likeness (QED) is 0.517. The van der Waals surface area contributed by atoms with Crippen molar-refractivity contribution in [3.05, 3.63) is 64.5 Å². The van der Waals surface area contributed by atoms with Crippen molar-refractivity contribution in [1.29, 1.82) is 0 Å². The average molecular weight is 327 g/mol. The Bertz CT molecular complexity index is 793. The summed E-state index contributed by atoms with van der Waals surface area (Å²) in [5, 5.41) is 6.17. The van der Waals surface area contributed by atoms with Crippen LogP contribution in [-0.2, 0) is 9.59 Å². The minimum absolute atomic E-state index is 0.212. The maximum absolute atomic E-state index is 13.4. The Kier molecular flexibility index (Phi) is 5.42. The number of hydrogen-bond acceptors (Lipinski definition) is 3. The van der Waals surface area contributed by atoms with Gasteiger partial charge in [-0.05, 0) is 38.0 Å². The van der Waals surface area contributed by atoms with Crippen molar-refractivity contribution >= 4 is 23.7 Å². The zero-order valence-corrected chi connectivity index (χ0v) is 13.7. The van der Waals surface area contributed by atoms with Gasteiger partial charge in [0.25, 0.3) is 0 Å². The SMILES string of the molecule is Cc1cc(C)c(NC(=O)C(=O)NN=Cc2ccccc2F)c(C)c1. The highest BCUT2D eigenvalue weighted by atomic mass is 19.1. The lowest BCUT2D eigenvalue weighted by molar-refractivity contribution is -0.136. The van der Waals surface area contributed by atoms with E-state index in [1.54, 1.807) is 12.1 Å². The van der Waals surface area contributed by atoms with Gasteiger partial charge in [0.2, 0.25) is 0 Å². The van der Waals surface area contributed by atoms with Crippen molar-refractivity contribution in [3.8, 4) is 0 Å². The van der Waals surface area contributed by atoms with Gasteiger partial charge in [0.05, 0.1) is 6.21 Å². The van der Waals surface area contributed by atoms with E-state index in [0.717, 1.165) is 22.9 Å². The zero-order valence-electron chi connectivity index (χ0n) is 13.7. The lowest BCUT2D eigenvalue weighted by atomic mass is 10.1. The maximum Gasteiger partial charge on any atom is 0.329 e. The molecule has 0 aromatic heterocycles. The third-order valence-corrected chi connectivity index (χ3v) is 3.40. The predicted octanol–water partition coefficient (Wildman–Crippen LogP) is 2.84. The summed E-state index contributed by atoms with van der Waals surface area (Å²) in [4.78, 5) is 23.7. The van der Waals surface area contributed by atoms with Gasteiger partial charge in [-0.15, -0.1) is 0 Å². The van der Waals surface area contributed by atoms with E-state index < -0.39 is 17.6 Å². The lowest BCUT2D eigenvalue weighted by Gasteiger charge is -2.12. The van der Waals surface area contributed by atoms with Crippen LogP contribution in [0.5, 0.6) is 0 Å². The van der Waals surface area contributed by atoms with Crippen LogP contribution in [0.1, 0.15) is 22.3 Å². The van der Waals surface area contributed by atoms with E-state index >= 15 is 0 Å². The van der Waals surface area contributed by atoms with Gasteiger partial charge in [0.1, 0.15) is 5.82 Å². The Hall–Kier alpha value is -3.02. The first kappa shape index (κ1) is 17.3. The highest BCUT2D eigenvalue weighted by Gasteiger charge is 2.15. The Labute approximate surface area is 139 Å². The molecule has 24 heavy (non-hydrogen) atoms. The molecule has 0 fully saturated rings. The number of aryl methyl sites for hydroxylation is 3. The molecule has 0 aliphatic heterocycles. The Morgan fingerprint density at radius 1 is 1.04 bits per heavy atom. The number of carbonyl (C=O) groups is 2. The van der Waals surface area contributed by atoms with Crippen LogP contribution in [-0.4, -0.2) is 18.0 Å².